The second-order valence-electron chi connectivity index (χ2n) is 7.81. The molecule has 0 bridgehead atoms. The van der Waals surface area contributed by atoms with Crippen LogP contribution in [0.5, 0.6) is 0 Å². The maximum absolute atomic E-state index is 12.4. The summed E-state index contributed by atoms with van der Waals surface area (Å²) >= 11 is 0. The summed E-state index contributed by atoms with van der Waals surface area (Å²) in [5, 5.41) is 6.48. The van der Waals surface area contributed by atoms with E-state index in [9.17, 15) is 4.79 Å². The number of pyridine rings is 2. The first-order valence-electron chi connectivity index (χ1n) is 10.9. The number of hydrogen-bond acceptors (Lipinski definition) is 4. The number of amides is 1. The van der Waals surface area contributed by atoms with Gasteiger partial charge in [-0.1, -0.05) is 35.9 Å². The van der Waals surface area contributed by atoms with Crippen molar-refractivity contribution in [2.24, 2.45) is 0 Å². The maximum Gasteiger partial charge on any atom is 0.253 e. The molecule has 3 aromatic rings. The van der Waals surface area contributed by atoms with Crippen molar-refractivity contribution in [3.63, 3.8) is 0 Å². The van der Waals surface area contributed by atoms with Crippen molar-refractivity contribution in [1.82, 2.24) is 15.3 Å². The summed E-state index contributed by atoms with van der Waals surface area (Å²) in [4.78, 5) is 21.1. The Labute approximate surface area is 183 Å². The number of hydrogen-bond donors (Lipinski definition) is 2. The lowest BCUT2D eigenvalue weighted by Gasteiger charge is -2.15. The molecule has 2 heterocycles. The average Bonchev–Trinajstić information content (AvgIpc) is 2.84. The molecule has 2 N–H and O–H groups in total. The molecule has 158 valence electrons. The van der Waals surface area contributed by atoms with Gasteiger partial charge in [0.25, 0.3) is 5.91 Å². The van der Waals surface area contributed by atoms with E-state index < -0.39 is 0 Å². The monoisotopic (exact) mass is 412 g/mol. The van der Waals surface area contributed by atoms with E-state index in [4.69, 9.17) is 0 Å². The molecule has 4 rings (SSSR count). The zero-order chi connectivity index (χ0) is 21.3. The highest BCUT2D eigenvalue weighted by Crippen LogP contribution is 2.27. The van der Waals surface area contributed by atoms with E-state index in [1.807, 2.05) is 36.4 Å². The standard InChI is InChI=1S/C26H28N4O/c31-26(30-18-21-9-6-15-27-17-21)22-12-13-25(29-19-22)23-10-4-5-11-24(23)28-16-14-20-7-2-1-3-8-20/h4-7,9-13,15,17,19,28H,1-3,8,14,16,18H2,(H,30,31). The highest BCUT2D eigenvalue weighted by molar-refractivity contribution is 5.94. The van der Waals surface area contributed by atoms with Gasteiger partial charge in [0.1, 0.15) is 0 Å². The van der Waals surface area contributed by atoms with Gasteiger partial charge in [0.2, 0.25) is 0 Å². The van der Waals surface area contributed by atoms with Crippen molar-refractivity contribution in [3.8, 4) is 11.3 Å². The van der Waals surface area contributed by atoms with Crippen LogP contribution < -0.4 is 10.6 Å². The Bertz CT molecular complexity index is 1030. The minimum Gasteiger partial charge on any atom is -0.384 e. The first kappa shape index (κ1) is 20.8. The molecule has 1 amide bonds. The normalized spacial score (nSPS) is 13.4. The van der Waals surface area contributed by atoms with Gasteiger partial charge < -0.3 is 10.6 Å². The number of anilines is 1. The Hall–Kier alpha value is -3.47. The molecule has 31 heavy (non-hydrogen) atoms. The molecule has 0 unspecified atom stereocenters. The van der Waals surface area contributed by atoms with Gasteiger partial charge in [-0.2, -0.15) is 0 Å². The third-order valence-corrected chi connectivity index (χ3v) is 5.55. The summed E-state index contributed by atoms with van der Waals surface area (Å²) in [6, 6.07) is 15.7. The van der Waals surface area contributed by atoms with Crippen LogP contribution in [0, 0.1) is 0 Å². The molecule has 2 aromatic heterocycles. The fraction of sp³-hybridized carbons (Fsp3) is 0.269. The molecule has 5 nitrogen and oxygen atoms in total. The first-order valence-corrected chi connectivity index (χ1v) is 10.9. The van der Waals surface area contributed by atoms with Crippen molar-refractivity contribution < 1.29 is 4.79 Å². The van der Waals surface area contributed by atoms with Gasteiger partial charge in [0, 0.05) is 42.9 Å². The maximum atomic E-state index is 12.4. The van der Waals surface area contributed by atoms with E-state index in [1.165, 1.54) is 25.7 Å². The number of carbonyl (C=O) groups excluding carboxylic acids is 1. The zero-order valence-corrected chi connectivity index (χ0v) is 17.7. The van der Waals surface area contributed by atoms with Gasteiger partial charge in [-0.15, -0.1) is 0 Å². The molecule has 0 radical (unpaired) electrons. The molecular formula is C26H28N4O. The molecule has 0 spiro atoms. The van der Waals surface area contributed by atoms with E-state index in [0.29, 0.717) is 12.1 Å². The molecule has 5 heteroatoms. The number of aromatic nitrogens is 2. The molecule has 0 atom stereocenters. The molecule has 1 aliphatic rings. The summed E-state index contributed by atoms with van der Waals surface area (Å²) in [7, 11) is 0. The Balaban J connectivity index is 1.38. The second-order valence-corrected chi connectivity index (χ2v) is 7.81. The van der Waals surface area contributed by atoms with Gasteiger partial charge in [-0.3, -0.25) is 14.8 Å². The lowest BCUT2D eigenvalue weighted by atomic mass is 9.97. The largest absolute Gasteiger partial charge is 0.384 e. The summed E-state index contributed by atoms with van der Waals surface area (Å²) in [5.41, 5.74) is 6.04. The fourth-order valence-corrected chi connectivity index (χ4v) is 3.82. The van der Waals surface area contributed by atoms with Crippen LogP contribution in [-0.2, 0) is 6.54 Å². The second kappa shape index (κ2) is 10.5. The third-order valence-electron chi connectivity index (χ3n) is 5.55. The van der Waals surface area contributed by atoms with Crippen molar-refractivity contribution in [2.45, 2.75) is 38.6 Å². The smallest absolute Gasteiger partial charge is 0.253 e. The minimum atomic E-state index is -0.143. The Morgan fingerprint density at radius 3 is 2.71 bits per heavy atom. The van der Waals surface area contributed by atoms with E-state index in [2.05, 4.69) is 38.8 Å². The van der Waals surface area contributed by atoms with Crippen LogP contribution in [0.3, 0.4) is 0 Å². The van der Waals surface area contributed by atoms with Crippen LogP contribution >= 0.6 is 0 Å². The van der Waals surface area contributed by atoms with Crippen LogP contribution in [0.1, 0.15) is 48.0 Å². The molecule has 0 saturated carbocycles. The highest BCUT2D eigenvalue weighted by atomic mass is 16.1. The summed E-state index contributed by atoms with van der Waals surface area (Å²) < 4.78 is 0. The number of para-hydroxylation sites is 1. The molecule has 0 fully saturated rings. The minimum absolute atomic E-state index is 0.143. The SMILES string of the molecule is O=C(NCc1cccnc1)c1ccc(-c2ccccc2NCCC2=CCCCC2)nc1. The average molecular weight is 413 g/mol. The van der Waals surface area contributed by atoms with E-state index in [0.717, 1.165) is 35.5 Å². The number of nitrogens with zero attached hydrogens (tertiary/aromatic N) is 2. The molecular weight excluding hydrogens is 384 g/mol. The van der Waals surface area contributed by atoms with Crippen molar-refractivity contribution in [3.05, 3.63) is 89.9 Å². The van der Waals surface area contributed by atoms with Crippen molar-refractivity contribution >= 4 is 11.6 Å². The lowest BCUT2D eigenvalue weighted by Crippen LogP contribution is -2.22. The molecule has 1 aromatic carbocycles. The number of rotatable bonds is 8. The predicted molar refractivity (Wildman–Crippen MR) is 125 cm³/mol. The van der Waals surface area contributed by atoms with E-state index in [1.54, 1.807) is 24.2 Å². The molecule has 0 saturated heterocycles. The summed E-state index contributed by atoms with van der Waals surface area (Å²) in [6.45, 7) is 1.36. The fourth-order valence-electron chi connectivity index (χ4n) is 3.82. The lowest BCUT2D eigenvalue weighted by molar-refractivity contribution is 0.0950. The first-order chi connectivity index (χ1) is 15.3. The summed E-state index contributed by atoms with van der Waals surface area (Å²) in [6.07, 6.45) is 13.7. The highest BCUT2D eigenvalue weighted by Gasteiger charge is 2.10. The van der Waals surface area contributed by atoms with E-state index in [-0.39, 0.29) is 5.91 Å². The van der Waals surface area contributed by atoms with Gasteiger partial charge >= 0.3 is 0 Å². The Morgan fingerprint density at radius 1 is 1.00 bits per heavy atom. The van der Waals surface area contributed by atoms with Gasteiger partial charge in [-0.05, 0) is 61.9 Å². The van der Waals surface area contributed by atoms with Crippen LogP contribution in [-0.4, -0.2) is 22.4 Å². The zero-order valence-electron chi connectivity index (χ0n) is 17.7. The van der Waals surface area contributed by atoms with Crippen LogP contribution in [0.15, 0.2) is 78.8 Å². The quantitative estimate of drug-likeness (QED) is 0.488. The van der Waals surface area contributed by atoms with Crippen LogP contribution in [0.2, 0.25) is 0 Å². The number of benzene rings is 1. The predicted octanol–water partition coefficient (Wildman–Crippen LogP) is 5.38. The Kier molecular flexibility index (Phi) is 7.06. The van der Waals surface area contributed by atoms with E-state index >= 15 is 0 Å². The topological polar surface area (TPSA) is 66.9 Å². The van der Waals surface area contributed by atoms with Crippen LogP contribution in [0.4, 0.5) is 5.69 Å². The molecule has 0 aliphatic heterocycles. The van der Waals surface area contributed by atoms with Gasteiger partial charge in [0.15, 0.2) is 0 Å². The number of carbonyl (C=O) groups is 1. The Morgan fingerprint density at radius 2 is 1.94 bits per heavy atom. The molecule has 1 aliphatic carbocycles. The summed E-state index contributed by atoms with van der Waals surface area (Å²) in [5.74, 6) is -0.143. The van der Waals surface area contributed by atoms with Crippen molar-refractivity contribution in [2.75, 3.05) is 11.9 Å². The number of allylic oxidation sites excluding steroid dienone is 1. The number of nitrogens with one attached hydrogen (secondary N) is 2. The van der Waals surface area contributed by atoms with Crippen LogP contribution in [0.25, 0.3) is 11.3 Å². The van der Waals surface area contributed by atoms with Crippen molar-refractivity contribution in [1.29, 1.82) is 0 Å². The van der Waals surface area contributed by atoms with Gasteiger partial charge in [0.05, 0.1) is 11.3 Å². The third kappa shape index (κ3) is 5.79. The van der Waals surface area contributed by atoms with Gasteiger partial charge in [-0.25, -0.2) is 0 Å².